The molecule has 0 saturated heterocycles. The van der Waals surface area contributed by atoms with E-state index in [0.717, 1.165) is 6.42 Å². The standard InChI is InChI=1S/C13H23NO2S/c1-12(2,3)8-10-6-7-11(17(14,15)16)13(4,5)9-10/h6-7,9,11H,8H2,1-5H3,(H2,14,15,16). The lowest BCUT2D eigenvalue weighted by Crippen LogP contribution is -2.39. The monoisotopic (exact) mass is 257 g/mol. The van der Waals surface area contributed by atoms with Crippen LogP contribution in [-0.2, 0) is 10.0 Å². The van der Waals surface area contributed by atoms with Crippen LogP contribution in [0.5, 0.6) is 0 Å². The van der Waals surface area contributed by atoms with Gasteiger partial charge in [-0.05, 0) is 11.8 Å². The van der Waals surface area contributed by atoms with Gasteiger partial charge >= 0.3 is 0 Å². The third-order valence-electron chi connectivity index (χ3n) is 2.86. The number of nitrogens with two attached hydrogens (primary N) is 1. The van der Waals surface area contributed by atoms with Crippen molar-refractivity contribution in [2.75, 3.05) is 0 Å². The zero-order valence-corrected chi connectivity index (χ0v) is 12.1. The quantitative estimate of drug-likeness (QED) is 0.826. The molecule has 0 aromatic rings. The van der Waals surface area contributed by atoms with Crippen LogP contribution in [0.3, 0.4) is 0 Å². The Bertz CT molecular complexity index is 450. The van der Waals surface area contributed by atoms with Crippen LogP contribution >= 0.6 is 0 Å². The molecular weight excluding hydrogens is 234 g/mol. The molecule has 0 aliphatic heterocycles. The van der Waals surface area contributed by atoms with E-state index < -0.39 is 20.7 Å². The van der Waals surface area contributed by atoms with Gasteiger partial charge in [0.1, 0.15) is 5.25 Å². The Labute approximate surface area is 105 Å². The largest absolute Gasteiger partial charge is 0.228 e. The summed E-state index contributed by atoms with van der Waals surface area (Å²) in [5, 5.41) is 4.62. The molecule has 4 heteroatoms. The molecule has 0 fully saturated rings. The average Bonchev–Trinajstić information content (AvgIpc) is 1.94. The van der Waals surface area contributed by atoms with Gasteiger partial charge in [0.15, 0.2) is 0 Å². The summed E-state index contributed by atoms with van der Waals surface area (Å²) in [6, 6.07) is 0. The van der Waals surface area contributed by atoms with Crippen LogP contribution in [-0.4, -0.2) is 13.7 Å². The smallest absolute Gasteiger partial charge is 0.216 e. The predicted molar refractivity (Wildman–Crippen MR) is 72.0 cm³/mol. The average molecular weight is 257 g/mol. The van der Waals surface area contributed by atoms with Crippen LogP contribution in [0.15, 0.2) is 23.8 Å². The van der Waals surface area contributed by atoms with E-state index in [2.05, 4.69) is 20.8 Å². The number of allylic oxidation sites excluding steroid dienone is 3. The minimum absolute atomic E-state index is 0.195. The summed E-state index contributed by atoms with van der Waals surface area (Å²) in [6.45, 7) is 10.3. The normalized spacial score (nSPS) is 24.6. The second-order valence-corrected chi connectivity index (χ2v) is 8.33. The Hall–Kier alpha value is -0.610. The second-order valence-electron chi connectivity index (χ2n) is 6.65. The third-order valence-corrected chi connectivity index (χ3v) is 4.34. The summed E-state index contributed by atoms with van der Waals surface area (Å²) in [6.07, 6.45) is 6.58. The SMILES string of the molecule is CC(C)(C)CC1=CC(C)(C)C(S(N)(=O)=O)C=C1. The van der Waals surface area contributed by atoms with Crippen molar-refractivity contribution in [1.82, 2.24) is 0 Å². The predicted octanol–water partition coefficient (Wildman–Crippen LogP) is 2.60. The van der Waals surface area contributed by atoms with E-state index in [-0.39, 0.29) is 5.41 Å². The van der Waals surface area contributed by atoms with E-state index in [9.17, 15) is 8.42 Å². The highest BCUT2D eigenvalue weighted by molar-refractivity contribution is 7.90. The molecule has 0 heterocycles. The van der Waals surface area contributed by atoms with Gasteiger partial charge in [0.05, 0.1) is 0 Å². The molecule has 0 spiro atoms. The first-order valence-electron chi connectivity index (χ1n) is 5.83. The number of hydrogen-bond donors (Lipinski definition) is 1. The fraction of sp³-hybridized carbons (Fsp3) is 0.692. The van der Waals surface area contributed by atoms with Crippen molar-refractivity contribution in [3.05, 3.63) is 23.8 Å². The highest BCUT2D eigenvalue weighted by atomic mass is 32.2. The molecular formula is C13H23NO2S. The fourth-order valence-electron chi connectivity index (χ4n) is 2.32. The van der Waals surface area contributed by atoms with E-state index in [1.807, 2.05) is 26.0 Å². The highest BCUT2D eigenvalue weighted by Gasteiger charge is 2.36. The molecule has 2 N–H and O–H groups in total. The molecule has 0 aromatic carbocycles. The number of hydrogen-bond acceptors (Lipinski definition) is 2. The van der Waals surface area contributed by atoms with Crippen molar-refractivity contribution in [1.29, 1.82) is 0 Å². The Kier molecular flexibility index (Phi) is 3.61. The third kappa shape index (κ3) is 3.96. The van der Waals surface area contributed by atoms with Gasteiger partial charge in [0.25, 0.3) is 0 Å². The highest BCUT2D eigenvalue weighted by Crippen LogP contribution is 2.36. The molecule has 0 saturated carbocycles. The van der Waals surface area contributed by atoms with Crippen LogP contribution in [0.4, 0.5) is 0 Å². The minimum atomic E-state index is -3.53. The molecule has 0 radical (unpaired) electrons. The Balaban J connectivity index is 3.01. The summed E-state index contributed by atoms with van der Waals surface area (Å²) in [4.78, 5) is 0. The van der Waals surface area contributed by atoms with E-state index in [1.165, 1.54) is 5.57 Å². The summed E-state index contributed by atoms with van der Waals surface area (Å²) in [5.74, 6) is 0. The number of sulfonamides is 1. The molecule has 1 aliphatic carbocycles. The fourth-order valence-corrected chi connectivity index (χ4v) is 3.53. The minimum Gasteiger partial charge on any atom is -0.228 e. The van der Waals surface area contributed by atoms with Gasteiger partial charge < -0.3 is 0 Å². The summed E-state index contributed by atoms with van der Waals surface area (Å²) < 4.78 is 23.0. The van der Waals surface area contributed by atoms with Crippen LogP contribution in [0.1, 0.15) is 41.0 Å². The maximum absolute atomic E-state index is 11.5. The molecule has 1 rings (SSSR count). The van der Waals surface area contributed by atoms with Crippen LogP contribution < -0.4 is 5.14 Å². The molecule has 0 bridgehead atoms. The van der Waals surface area contributed by atoms with Crippen molar-refractivity contribution in [3.63, 3.8) is 0 Å². The lowest BCUT2D eigenvalue weighted by Gasteiger charge is -2.32. The van der Waals surface area contributed by atoms with Gasteiger partial charge in [-0.3, -0.25) is 0 Å². The number of rotatable bonds is 2. The van der Waals surface area contributed by atoms with Gasteiger partial charge in [0, 0.05) is 5.41 Å². The first kappa shape index (κ1) is 14.5. The lowest BCUT2D eigenvalue weighted by molar-refractivity contribution is 0.402. The Morgan fingerprint density at radius 1 is 1.35 bits per heavy atom. The molecule has 17 heavy (non-hydrogen) atoms. The van der Waals surface area contributed by atoms with E-state index in [4.69, 9.17) is 5.14 Å². The molecule has 0 aromatic heterocycles. The zero-order chi connectivity index (χ0) is 13.5. The molecule has 1 atom stereocenters. The molecule has 1 unspecified atom stereocenters. The molecule has 1 aliphatic rings. The zero-order valence-electron chi connectivity index (χ0n) is 11.3. The van der Waals surface area contributed by atoms with Crippen molar-refractivity contribution < 1.29 is 8.42 Å². The molecule has 98 valence electrons. The maximum Gasteiger partial charge on any atom is 0.216 e. The van der Waals surface area contributed by atoms with Crippen molar-refractivity contribution in [2.45, 2.75) is 46.3 Å². The first-order valence-corrected chi connectivity index (χ1v) is 7.44. The van der Waals surface area contributed by atoms with Gasteiger partial charge in [-0.25, -0.2) is 13.6 Å². The topological polar surface area (TPSA) is 60.2 Å². The van der Waals surface area contributed by atoms with Crippen molar-refractivity contribution in [3.8, 4) is 0 Å². The van der Waals surface area contributed by atoms with Crippen LogP contribution in [0.2, 0.25) is 0 Å². The maximum atomic E-state index is 11.5. The Morgan fingerprint density at radius 3 is 2.24 bits per heavy atom. The van der Waals surface area contributed by atoms with Gasteiger partial charge in [-0.1, -0.05) is 58.4 Å². The number of primary sulfonamides is 1. The second kappa shape index (κ2) is 4.25. The van der Waals surface area contributed by atoms with Crippen molar-refractivity contribution >= 4 is 10.0 Å². The van der Waals surface area contributed by atoms with E-state index in [1.54, 1.807) is 6.08 Å². The molecule has 0 amide bonds. The summed E-state index contributed by atoms with van der Waals surface area (Å²) >= 11 is 0. The molecule has 3 nitrogen and oxygen atoms in total. The summed E-state index contributed by atoms with van der Waals surface area (Å²) in [5.41, 5.74) is 0.936. The van der Waals surface area contributed by atoms with Crippen molar-refractivity contribution in [2.24, 2.45) is 16.0 Å². The first-order chi connectivity index (χ1) is 7.42. The Morgan fingerprint density at radius 2 is 1.88 bits per heavy atom. The lowest BCUT2D eigenvalue weighted by atomic mass is 9.78. The van der Waals surface area contributed by atoms with E-state index in [0.29, 0.717) is 0 Å². The van der Waals surface area contributed by atoms with Gasteiger partial charge in [-0.15, -0.1) is 0 Å². The van der Waals surface area contributed by atoms with E-state index >= 15 is 0 Å². The van der Waals surface area contributed by atoms with Crippen LogP contribution in [0.25, 0.3) is 0 Å². The summed E-state index contributed by atoms with van der Waals surface area (Å²) in [7, 11) is -3.53. The van der Waals surface area contributed by atoms with Gasteiger partial charge in [0.2, 0.25) is 10.0 Å². The van der Waals surface area contributed by atoms with Crippen LogP contribution in [0, 0.1) is 10.8 Å². The van der Waals surface area contributed by atoms with Gasteiger partial charge in [-0.2, -0.15) is 0 Å².